The SMILES string of the molecule is CC(C(=O)NC(C)(C)C)N(Cc1ccc(F)cc1)C(=O)CCCN(c1ccc2c(c1)OCCO2)S(C)(=O)=O. The Morgan fingerprint density at radius 1 is 1.05 bits per heavy atom. The minimum atomic E-state index is -3.65. The maximum absolute atomic E-state index is 13.4. The minimum Gasteiger partial charge on any atom is -0.486 e. The Morgan fingerprint density at radius 3 is 2.29 bits per heavy atom. The lowest BCUT2D eigenvalue weighted by Crippen LogP contribution is -2.52. The lowest BCUT2D eigenvalue weighted by molar-refractivity contribution is -0.141. The van der Waals surface area contributed by atoms with E-state index in [0.29, 0.717) is 36.0 Å². The van der Waals surface area contributed by atoms with Gasteiger partial charge in [0.2, 0.25) is 21.8 Å². The van der Waals surface area contributed by atoms with Crippen molar-refractivity contribution < 1.29 is 31.9 Å². The molecule has 1 aliphatic rings. The van der Waals surface area contributed by atoms with Crippen molar-refractivity contribution >= 4 is 27.5 Å². The van der Waals surface area contributed by atoms with Crippen LogP contribution in [0.5, 0.6) is 11.5 Å². The van der Waals surface area contributed by atoms with Crippen LogP contribution in [0.2, 0.25) is 0 Å². The molecule has 2 aromatic rings. The molecule has 0 aromatic heterocycles. The van der Waals surface area contributed by atoms with Gasteiger partial charge in [0.15, 0.2) is 11.5 Å². The van der Waals surface area contributed by atoms with E-state index in [1.54, 1.807) is 37.3 Å². The quantitative estimate of drug-likeness (QED) is 0.487. The smallest absolute Gasteiger partial charge is 0.242 e. The first-order valence-electron chi connectivity index (χ1n) is 12.5. The van der Waals surface area contributed by atoms with E-state index < -0.39 is 27.4 Å². The van der Waals surface area contributed by atoms with Crippen molar-refractivity contribution in [2.24, 2.45) is 0 Å². The molecule has 11 heteroatoms. The number of carbonyl (C=O) groups is 2. The number of nitrogens with one attached hydrogen (secondary N) is 1. The van der Waals surface area contributed by atoms with Crippen LogP contribution >= 0.6 is 0 Å². The molecule has 0 saturated carbocycles. The number of ether oxygens (including phenoxy) is 2. The summed E-state index contributed by atoms with van der Waals surface area (Å²) < 4.78 is 50.9. The van der Waals surface area contributed by atoms with Crippen molar-refractivity contribution in [3.8, 4) is 11.5 Å². The van der Waals surface area contributed by atoms with Crippen molar-refractivity contribution in [1.82, 2.24) is 10.2 Å². The molecule has 2 aromatic carbocycles. The fourth-order valence-corrected chi connectivity index (χ4v) is 4.99. The number of anilines is 1. The molecule has 1 heterocycles. The van der Waals surface area contributed by atoms with Gasteiger partial charge in [-0.25, -0.2) is 12.8 Å². The largest absolute Gasteiger partial charge is 0.486 e. The van der Waals surface area contributed by atoms with Gasteiger partial charge in [0.1, 0.15) is 25.1 Å². The van der Waals surface area contributed by atoms with Crippen LogP contribution in [0.1, 0.15) is 46.1 Å². The molecule has 1 aliphatic heterocycles. The van der Waals surface area contributed by atoms with Crippen LogP contribution < -0.4 is 19.1 Å². The predicted octanol–water partition coefficient (Wildman–Crippen LogP) is 3.48. The molecule has 1 N–H and O–H groups in total. The van der Waals surface area contributed by atoms with Gasteiger partial charge in [-0.1, -0.05) is 12.1 Å². The molecule has 208 valence electrons. The summed E-state index contributed by atoms with van der Waals surface area (Å²) in [5, 5.41) is 2.89. The van der Waals surface area contributed by atoms with Crippen molar-refractivity contribution in [3.63, 3.8) is 0 Å². The van der Waals surface area contributed by atoms with Crippen LogP contribution in [-0.4, -0.2) is 62.7 Å². The number of sulfonamides is 1. The van der Waals surface area contributed by atoms with E-state index in [1.807, 2.05) is 20.8 Å². The third kappa shape index (κ3) is 8.08. The second-order valence-corrected chi connectivity index (χ2v) is 12.2. The van der Waals surface area contributed by atoms with Crippen molar-refractivity contribution in [2.75, 3.05) is 30.3 Å². The summed E-state index contributed by atoms with van der Waals surface area (Å²) in [6.07, 6.45) is 1.32. The van der Waals surface area contributed by atoms with Gasteiger partial charge < -0.3 is 19.7 Å². The Morgan fingerprint density at radius 2 is 1.68 bits per heavy atom. The van der Waals surface area contributed by atoms with E-state index in [2.05, 4.69) is 5.32 Å². The van der Waals surface area contributed by atoms with Crippen LogP contribution in [0.3, 0.4) is 0 Å². The summed E-state index contributed by atoms with van der Waals surface area (Å²) >= 11 is 0. The lowest BCUT2D eigenvalue weighted by Gasteiger charge is -2.32. The molecule has 0 aliphatic carbocycles. The zero-order chi connectivity index (χ0) is 28.1. The van der Waals surface area contributed by atoms with Crippen LogP contribution in [0.25, 0.3) is 0 Å². The number of hydrogen-bond acceptors (Lipinski definition) is 6. The van der Waals surface area contributed by atoms with E-state index in [1.165, 1.54) is 21.3 Å². The van der Waals surface area contributed by atoms with E-state index in [-0.39, 0.29) is 37.7 Å². The number of fused-ring (bicyclic) bond motifs is 1. The van der Waals surface area contributed by atoms with Gasteiger partial charge in [-0.05, 0) is 63.9 Å². The van der Waals surface area contributed by atoms with Crippen molar-refractivity contribution in [1.29, 1.82) is 0 Å². The summed E-state index contributed by atoms with van der Waals surface area (Å²) in [5.41, 5.74) is 0.588. The molecule has 1 atom stereocenters. The Labute approximate surface area is 224 Å². The second-order valence-electron chi connectivity index (χ2n) is 10.3. The normalized spacial score (nSPS) is 13.9. The fraction of sp³-hybridized carbons (Fsp3) is 0.481. The summed E-state index contributed by atoms with van der Waals surface area (Å²) in [5.74, 6) is -0.0288. The lowest BCUT2D eigenvalue weighted by atomic mass is 10.1. The highest BCUT2D eigenvalue weighted by Gasteiger charge is 2.29. The standard InChI is InChI=1S/C27H36FN3O6S/c1-19(26(33)29-27(2,3)4)30(18-20-8-10-21(28)11-9-20)25(32)7-6-14-31(38(5,34)35)22-12-13-23-24(17-22)37-16-15-36-23/h8-13,17,19H,6-7,14-16,18H2,1-5H3,(H,29,33). The van der Waals surface area contributed by atoms with Crippen LogP contribution in [0, 0.1) is 5.82 Å². The molecular formula is C27H36FN3O6S. The first kappa shape index (κ1) is 29.2. The Balaban J connectivity index is 1.74. The van der Waals surface area contributed by atoms with E-state index in [4.69, 9.17) is 9.47 Å². The Hall–Kier alpha value is -3.34. The van der Waals surface area contributed by atoms with Gasteiger partial charge >= 0.3 is 0 Å². The van der Waals surface area contributed by atoms with Crippen LogP contribution in [0.4, 0.5) is 10.1 Å². The molecule has 9 nitrogen and oxygen atoms in total. The molecule has 0 bridgehead atoms. The highest BCUT2D eigenvalue weighted by molar-refractivity contribution is 7.92. The summed E-state index contributed by atoms with van der Waals surface area (Å²) in [7, 11) is -3.65. The third-order valence-corrected chi connectivity index (χ3v) is 7.09. The van der Waals surface area contributed by atoms with Gasteiger partial charge in [-0.2, -0.15) is 0 Å². The molecule has 0 spiro atoms. The van der Waals surface area contributed by atoms with Crippen LogP contribution in [0.15, 0.2) is 42.5 Å². The van der Waals surface area contributed by atoms with Crippen LogP contribution in [-0.2, 0) is 26.2 Å². The Kier molecular flexibility index (Phi) is 9.24. The topological polar surface area (TPSA) is 105 Å². The number of rotatable bonds is 10. The number of nitrogens with zero attached hydrogens (tertiary/aromatic N) is 2. The molecule has 1 unspecified atom stereocenters. The molecule has 38 heavy (non-hydrogen) atoms. The maximum atomic E-state index is 13.4. The summed E-state index contributed by atoms with van der Waals surface area (Å²) in [6.45, 7) is 8.14. The van der Waals surface area contributed by atoms with Gasteiger partial charge in [0.25, 0.3) is 0 Å². The second kappa shape index (κ2) is 12.0. The molecule has 0 saturated heterocycles. The third-order valence-electron chi connectivity index (χ3n) is 5.90. The first-order chi connectivity index (χ1) is 17.7. The van der Waals surface area contributed by atoms with E-state index in [9.17, 15) is 22.4 Å². The summed E-state index contributed by atoms with van der Waals surface area (Å²) in [6, 6.07) is 9.84. The van der Waals surface area contributed by atoms with Gasteiger partial charge in [-0.15, -0.1) is 0 Å². The summed E-state index contributed by atoms with van der Waals surface area (Å²) in [4.78, 5) is 27.7. The molecule has 0 radical (unpaired) electrons. The monoisotopic (exact) mass is 549 g/mol. The number of benzene rings is 2. The zero-order valence-electron chi connectivity index (χ0n) is 22.5. The number of carbonyl (C=O) groups excluding carboxylic acids is 2. The number of amides is 2. The van der Waals surface area contributed by atoms with E-state index in [0.717, 1.165) is 6.26 Å². The van der Waals surface area contributed by atoms with Gasteiger partial charge in [-0.3, -0.25) is 13.9 Å². The van der Waals surface area contributed by atoms with E-state index >= 15 is 0 Å². The number of hydrogen-bond donors (Lipinski definition) is 1. The average Bonchev–Trinajstić information content (AvgIpc) is 2.83. The van der Waals surface area contributed by atoms with Gasteiger partial charge in [0.05, 0.1) is 11.9 Å². The number of halogens is 1. The minimum absolute atomic E-state index is 0.00487. The molecular weight excluding hydrogens is 513 g/mol. The highest BCUT2D eigenvalue weighted by atomic mass is 32.2. The Bertz CT molecular complexity index is 1240. The van der Waals surface area contributed by atoms with Crippen molar-refractivity contribution in [2.45, 2.75) is 58.7 Å². The first-order valence-corrected chi connectivity index (χ1v) is 14.3. The fourth-order valence-electron chi connectivity index (χ4n) is 4.03. The average molecular weight is 550 g/mol. The zero-order valence-corrected chi connectivity index (χ0v) is 23.3. The molecule has 0 fully saturated rings. The molecule has 2 amide bonds. The van der Waals surface area contributed by atoms with Crippen molar-refractivity contribution in [3.05, 3.63) is 53.8 Å². The predicted molar refractivity (Wildman–Crippen MR) is 143 cm³/mol. The highest BCUT2D eigenvalue weighted by Crippen LogP contribution is 2.34. The molecule has 3 rings (SSSR count). The van der Waals surface area contributed by atoms with Gasteiger partial charge in [0, 0.05) is 31.1 Å². The maximum Gasteiger partial charge on any atom is 0.242 e.